The van der Waals surface area contributed by atoms with E-state index < -0.39 is 10.0 Å². The van der Waals surface area contributed by atoms with Crippen LogP contribution >= 0.6 is 23.1 Å². The highest BCUT2D eigenvalue weighted by molar-refractivity contribution is 7.99. The Balaban J connectivity index is 1.64. The molecule has 0 unspecified atom stereocenters. The third-order valence-corrected chi connectivity index (χ3v) is 7.80. The van der Waals surface area contributed by atoms with Crippen molar-refractivity contribution in [3.05, 3.63) is 39.7 Å². The lowest BCUT2D eigenvalue weighted by Crippen LogP contribution is -2.40. The fourth-order valence-corrected chi connectivity index (χ4v) is 5.69. The molecule has 0 radical (unpaired) electrons. The lowest BCUT2D eigenvalue weighted by Gasteiger charge is -2.25. The summed E-state index contributed by atoms with van der Waals surface area (Å²) in [4.78, 5) is 18.8. The Kier molecular flexibility index (Phi) is 6.13. The van der Waals surface area contributed by atoms with Crippen molar-refractivity contribution in [3.63, 3.8) is 0 Å². The third-order valence-electron chi connectivity index (χ3n) is 4.01. The topological polar surface area (TPSA) is 76.6 Å². The SMILES string of the molecule is Cc1cc(C(=O)CSc2ccc(S(=O)(=O)N3CCOCC3)cn2)c(C)s1. The maximum absolute atomic E-state index is 12.6. The summed E-state index contributed by atoms with van der Waals surface area (Å²) in [6.45, 7) is 5.45. The molecule has 0 bridgehead atoms. The minimum atomic E-state index is -3.54. The van der Waals surface area contributed by atoms with Gasteiger partial charge in [0.2, 0.25) is 10.0 Å². The molecule has 9 heteroatoms. The average Bonchev–Trinajstić information content (AvgIpc) is 2.99. The number of sulfonamides is 1. The fourth-order valence-electron chi connectivity index (χ4n) is 2.67. The number of carbonyl (C=O) groups excluding carboxylic acids is 1. The molecule has 1 aliphatic rings. The van der Waals surface area contributed by atoms with Gasteiger partial charge in [0.15, 0.2) is 5.78 Å². The van der Waals surface area contributed by atoms with Crippen molar-refractivity contribution >= 4 is 38.9 Å². The summed E-state index contributed by atoms with van der Waals surface area (Å²) >= 11 is 2.92. The Morgan fingerprint density at radius 1 is 1.31 bits per heavy atom. The van der Waals surface area contributed by atoms with Gasteiger partial charge in [-0.2, -0.15) is 4.31 Å². The van der Waals surface area contributed by atoms with Gasteiger partial charge in [0, 0.05) is 34.6 Å². The molecule has 0 N–H and O–H groups in total. The molecule has 0 saturated carbocycles. The van der Waals surface area contributed by atoms with Crippen molar-refractivity contribution in [3.8, 4) is 0 Å². The van der Waals surface area contributed by atoms with E-state index in [0.717, 1.165) is 15.3 Å². The molecule has 0 aliphatic carbocycles. The number of ether oxygens (including phenoxy) is 1. The van der Waals surface area contributed by atoms with E-state index in [4.69, 9.17) is 4.74 Å². The summed E-state index contributed by atoms with van der Waals surface area (Å²) in [5.74, 6) is 0.336. The van der Waals surface area contributed by atoms with E-state index in [2.05, 4.69) is 4.98 Å². The van der Waals surface area contributed by atoms with E-state index in [1.54, 1.807) is 23.5 Å². The molecular weight excluding hydrogens is 392 g/mol. The average molecular weight is 413 g/mol. The van der Waals surface area contributed by atoms with Crippen LogP contribution in [0.5, 0.6) is 0 Å². The van der Waals surface area contributed by atoms with Gasteiger partial charge in [-0.25, -0.2) is 13.4 Å². The maximum Gasteiger partial charge on any atom is 0.244 e. The zero-order chi connectivity index (χ0) is 18.7. The predicted molar refractivity (Wildman–Crippen MR) is 103 cm³/mol. The van der Waals surface area contributed by atoms with Gasteiger partial charge in [0.05, 0.1) is 24.0 Å². The van der Waals surface area contributed by atoms with E-state index in [0.29, 0.717) is 31.3 Å². The van der Waals surface area contributed by atoms with Gasteiger partial charge in [0.25, 0.3) is 0 Å². The first-order valence-corrected chi connectivity index (χ1v) is 11.4. The number of Topliss-reactive ketones (excluding diaryl/α,β-unsaturated/α-hetero) is 1. The Labute approximate surface area is 161 Å². The second-order valence-corrected chi connectivity index (χ2v) is 10.3. The molecule has 3 heterocycles. The number of pyridine rings is 1. The largest absolute Gasteiger partial charge is 0.379 e. The number of thiophene rings is 1. The van der Waals surface area contributed by atoms with Crippen LogP contribution in [0.25, 0.3) is 0 Å². The number of hydrogen-bond donors (Lipinski definition) is 0. The number of carbonyl (C=O) groups is 1. The number of aryl methyl sites for hydroxylation is 2. The normalized spacial score (nSPS) is 15.9. The summed E-state index contributed by atoms with van der Waals surface area (Å²) < 4.78 is 31.7. The van der Waals surface area contributed by atoms with E-state index in [-0.39, 0.29) is 16.4 Å². The molecule has 140 valence electrons. The lowest BCUT2D eigenvalue weighted by molar-refractivity contribution is 0.0730. The van der Waals surface area contributed by atoms with Crippen molar-refractivity contribution in [1.82, 2.24) is 9.29 Å². The molecule has 3 rings (SSSR count). The summed E-state index contributed by atoms with van der Waals surface area (Å²) in [7, 11) is -3.54. The zero-order valence-corrected chi connectivity index (χ0v) is 17.0. The molecule has 2 aromatic rings. The zero-order valence-electron chi connectivity index (χ0n) is 14.6. The Morgan fingerprint density at radius 2 is 2.04 bits per heavy atom. The van der Waals surface area contributed by atoms with Crippen molar-refractivity contribution in [1.29, 1.82) is 0 Å². The molecule has 1 fully saturated rings. The molecule has 0 spiro atoms. The van der Waals surface area contributed by atoms with Crippen LogP contribution in [0, 0.1) is 13.8 Å². The van der Waals surface area contributed by atoms with Crippen LogP contribution in [0.2, 0.25) is 0 Å². The summed E-state index contributed by atoms with van der Waals surface area (Å²) in [5.41, 5.74) is 0.756. The van der Waals surface area contributed by atoms with Crippen LogP contribution in [0.1, 0.15) is 20.1 Å². The Hall–Kier alpha value is -1.26. The number of hydrogen-bond acceptors (Lipinski definition) is 7. The van der Waals surface area contributed by atoms with Crippen molar-refractivity contribution in [2.24, 2.45) is 0 Å². The standard InChI is InChI=1S/C17H20N2O4S3/c1-12-9-15(13(2)25-12)16(20)11-24-17-4-3-14(10-18-17)26(21,22)19-5-7-23-8-6-19/h3-4,9-10H,5-8,11H2,1-2H3. The van der Waals surface area contributed by atoms with E-state index in [1.165, 1.54) is 22.3 Å². The van der Waals surface area contributed by atoms with Crippen molar-refractivity contribution < 1.29 is 17.9 Å². The highest BCUT2D eigenvalue weighted by atomic mass is 32.2. The highest BCUT2D eigenvalue weighted by Gasteiger charge is 2.26. The predicted octanol–water partition coefficient (Wildman–Crippen LogP) is 2.76. The second-order valence-electron chi connectivity index (χ2n) is 5.89. The van der Waals surface area contributed by atoms with E-state index in [1.807, 2.05) is 19.9 Å². The van der Waals surface area contributed by atoms with Gasteiger partial charge in [-0.15, -0.1) is 11.3 Å². The molecule has 6 nitrogen and oxygen atoms in total. The van der Waals surface area contributed by atoms with Crippen LogP contribution in [0.15, 0.2) is 34.3 Å². The maximum atomic E-state index is 12.6. The van der Waals surface area contributed by atoms with Gasteiger partial charge in [-0.3, -0.25) is 4.79 Å². The fraction of sp³-hybridized carbons (Fsp3) is 0.412. The first-order valence-electron chi connectivity index (χ1n) is 8.15. The molecule has 1 saturated heterocycles. The van der Waals surface area contributed by atoms with Crippen LogP contribution in [-0.4, -0.2) is 55.5 Å². The molecule has 0 aromatic carbocycles. The number of morpholine rings is 1. The highest BCUT2D eigenvalue weighted by Crippen LogP contribution is 2.25. The molecule has 0 amide bonds. The first kappa shape index (κ1) is 19.5. The van der Waals surface area contributed by atoms with Crippen molar-refractivity contribution in [2.75, 3.05) is 32.1 Å². The van der Waals surface area contributed by atoms with Crippen LogP contribution in [0.4, 0.5) is 0 Å². The van der Waals surface area contributed by atoms with Gasteiger partial charge in [0.1, 0.15) is 4.90 Å². The monoisotopic (exact) mass is 412 g/mol. The number of nitrogens with zero attached hydrogens (tertiary/aromatic N) is 2. The van der Waals surface area contributed by atoms with Crippen molar-refractivity contribution in [2.45, 2.75) is 23.8 Å². The summed E-state index contributed by atoms with van der Waals surface area (Å²) in [6, 6.07) is 5.11. The van der Waals surface area contributed by atoms with E-state index >= 15 is 0 Å². The number of ketones is 1. The first-order chi connectivity index (χ1) is 12.4. The van der Waals surface area contributed by atoms with Crippen LogP contribution in [0.3, 0.4) is 0 Å². The summed E-state index contributed by atoms with van der Waals surface area (Å²) in [5, 5.41) is 0.629. The van der Waals surface area contributed by atoms with Gasteiger partial charge in [-0.1, -0.05) is 11.8 Å². The molecule has 1 aliphatic heterocycles. The number of thioether (sulfide) groups is 1. The molecule has 2 aromatic heterocycles. The van der Waals surface area contributed by atoms with E-state index in [9.17, 15) is 13.2 Å². The quantitative estimate of drug-likeness (QED) is 0.536. The van der Waals surface area contributed by atoms with Crippen LogP contribution in [-0.2, 0) is 14.8 Å². The van der Waals surface area contributed by atoms with Gasteiger partial charge >= 0.3 is 0 Å². The minimum Gasteiger partial charge on any atom is -0.379 e. The minimum absolute atomic E-state index is 0.0589. The van der Waals surface area contributed by atoms with Gasteiger partial charge < -0.3 is 4.74 Å². The number of rotatable bonds is 6. The smallest absolute Gasteiger partial charge is 0.244 e. The molecule has 26 heavy (non-hydrogen) atoms. The number of aromatic nitrogens is 1. The van der Waals surface area contributed by atoms with Gasteiger partial charge in [-0.05, 0) is 32.0 Å². The Morgan fingerprint density at radius 3 is 2.62 bits per heavy atom. The lowest BCUT2D eigenvalue weighted by atomic mass is 10.2. The van der Waals surface area contributed by atoms with Crippen LogP contribution < -0.4 is 0 Å². The molecular formula is C17H20N2O4S3. The third kappa shape index (κ3) is 4.34. The molecule has 0 atom stereocenters. The second kappa shape index (κ2) is 8.18. The summed E-state index contributed by atoms with van der Waals surface area (Å²) in [6.07, 6.45) is 1.36. The Bertz CT molecular complexity index is 885.